The molecule has 0 saturated carbocycles. The molecule has 2 amide bonds. The van der Waals surface area contributed by atoms with E-state index < -0.39 is 0 Å². The van der Waals surface area contributed by atoms with E-state index in [9.17, 15) is 9.59 Å². The first-order valence-corrected chi connectivity index (χ1v) is 7.67. The summed E-state index contributed by atoms with van der Waals surface area (Å²) in [5.41, 5.74) is 1.42. The molecule has 3 rings (SSSR count). The van der Waals surface area contributed by atoms with Gasteiger partial charge in [0.05, 0.1) is 6.54 Å². The number of carbonyl (C=O) groups is 2. The SMILES string of the molecule is CC(Cn1cncn1)NC(=O)c1ccc(N2CCCC2=O)cc1. The molecule has 7 nitrogen and oxygen atoms in total. The van der Waals surface area contributed by atoms with Crippen molar-refractivity contribution in [2.75, 3.05) is 11.4 Å². The molecule has 1 aromatic carbocycles. The van der Waals surface area contributed by atoms with Gasteiger partial charge < -0.3 is 10.2 Å². The maximum absolute atomic E-state index is 12.2. The first-order valence-electron chi connectivity index (χ1n) is 7.67. The summed E-state index contributed by atoms with van der Waals surface area (Å²) in [7, 11) is 0. The maximum Gasteiger partial charge on any atom is 0.251 e. The van der Waals surface area contributed by atoms with Gasteiger partial charge in [-0.05, 0) is 37.6 Å². The molecule has 0 spiro atoms. The van der Waals surface area contributed by atoms with E-state index in [4.69, 9.17) is 0 Å². The lowest BCUT2D eigenvalue weighted by atomic mass is 10.1. The minimum atomic E-state index is -0.142. The topological polar surface area (TPSA) is 80.1 Å². The number of hydrogen-bond acceptors (Lipinski definition) is 4. The van der Waals surface area contributed by atoms with E-state index in [0.29, 0.717) is 18.5 Å². The number of aromatic nitrogens is 3. The number of rotatable bonds is 5. The van der Waals surface area contributed by atoms with E-state index in [-0.39, 0.29) is 17.9 Å². The molecule has 1 fully saturated rings. The lowest BCUT2D eigenvalue weighted by molar-refractivity contribution is -0.117. The highest BCUT2D eigenvalue weighted by atomic mass is 16.2. The van der Waals surface area contributed by atoms with Gasteiger partial charge in [0, 0.05) is 30.3 Å². The molecular formula is C16H19N5O2. The highest BCUT2D eigenvalue weighted by Gasteiger charge is 2.21. The molecule has 1 aliphatic rings. The summed E-state index contributed by atoms with van der Waals surface area (Å²) in [6, 6.07) is 7.07. The Hall–Kier alpha value is -2.70. The molecule has 1 aromatic heterocycles. The Morgan fingerprint density at radius 1 is 1.35 bits per heavy atom. The van der Waals surface area contributed by atoms with Crippen LogP contribution < -0.4 is 10.2 Å². The number of carbonyl (C=O) groups excluding carboxylic acids is 2. The minimum Gasteiger partial charge on any atom is -0.348 e. The van der Waals surface area contributed by atoms with Crippen molar-refractivity contribution in [3.05, 3.63) is 42.5 Å². The third-order valence-corrected chi connectivity index (χ3v) is 3.82. The van der Waals surface area contributed by atoms with Crippen LogP contribution in [-0.4, -0.2) is 39.2 Å². The molecule has 1 unspecified atom stereocenters. The molecule has 1 saturated heterocycles. The zero-order chi connectivity index (χ0) is 16.2. The molecule has 1 atom stereocenters. The molecule has 23 heavy (non-hydrogen) atoms. The Bertz CT molecular complexity index is 681. The van der Waals surface area contributed by atoms with E-state index >= 15 is 0 Å². The fourth-order valence-corrected chi connectivity index (χ4v) is 2.67. The number of hydrogen-bond donors (Lipinski definition) is 1. The molecule has 0 aliphatic carbocycles. The quantitative estimate of drug-likeness (QED) is 0.900. The van der Waals surface area contributed by atoms with Crippen molar-refractivity contribution in [1.29, 1.82) is 0 Å². The minimum absolute atomic E-state index is 0.0657. The van der Waals surface area contributed by atoms with Crippen LogP contribution in [0.2, 0.25) is 0 Å². The summed E-state index contributed by atoms with van der Waals surface area (Å²) in [4.78, 5) is 29.6. The normalized spacial score (nSPS) is 15.7. The van der Waals surface area contributed by atoms with Crippen molar-refractivity contribution >= 4 is 17.5 Å². The summed E-state index contributed by atoms with van der Waals surface area (Å²) in [5, 5.41) is 6.94. The molecule has 2 heterocycles. The van der Waals surface area contributed by atoms with Gasteiger partial charge >= 0.3 is 0 Å². The smallest absolute Gasteiger partial charge is 0.251 e. The standard InChI is InChI=1S/C16H19N5O2/c1-12(9-20-11-17-10-18-20)19-16(23)13-4-6-14(7-5-13)21-8-2-3-15(21)22/h4-7,10-12H,2-3,8-9H2,1H3,(H,19,23). The predicted octanol–water partition coefficient (Wildman–Crippen LogP) is 1.22. The number of anilines is 1. The van der Waals surface area contributed by atoms with Crippen LogP contribution in [0.4, 0.5) is 5.69 Å². The zero-order valence-electron chi connectivity index (χ0n) is 13.0. The largest absolute Gasteiger partial charge is 0.348 e. The Morgan fingerprint density at radius 2 is 2.13 bits per heavy atom. The summed E-state index contributed by atoms with van der Waals surface area (Å²) in [6.45, 7) is 3.22. The van der Waals surface area contributed by atoms with Gasteiger partial charge in [0.25, 0.3) is 5.91 Å². The molecule has 7 heteroatoms. The van der Waals surface area contributed by atoms with Gasteiger partial charge in [-0.2, -0.15) is 5.10 Å². The molecule has 1 N–H and O–H groups in total. The van der Waals surface area contributed by atoms with E-state index in [1.165, 1.54) is 6.33 Å². The fourth-order valence-electron chi connectivity index (χ4n) is 2.67. The highest BCUT2D eigenvalue weighted by molar-refractivity contribution is 5.97. The summed E-state index contributed by atoms with van der Waals surface area (Å²) in [5.74, 6) is 0.000527. The van der Waals surface area contributed by atoms with Gasteiger partial charge in [-0.25, -0.2) is 4.98 Å². The third kappa shape index (κ3) is 3.56. The molecule has 1 aliphatic heterocycles. The zero-order valence-corrected chi connectivity index (χ0v) is 13.0. The maximum atomic E-state index is 12.2. The second-order valence-electron chi connectivity index (χ2n) is 5.69. The van der Waals surface area contributed by atoms with Gasteiger partial charge in [-0.1, -0.05) is 0 Å². The first-order chi connectivity index (χ1) is 11.1. The second kappa shape index (κ2) is 6.60. The second-order valence-corrected chi connectivity index (χ2v) is 5.69. The van der Waals surface area contributed by atoms with Crippen LogP contribution in [0.5, 0.6) is 0 Å². The predicted molar refractivity (Wildman–Crippen MR) is 85.0 cm³/mol. The van der Waals surface area contributed by atoms with Crippen molar-refractivity contribution < 1.29 is 9.59 Å². The average molecular weight is 313 g/mol. The summed E-state index contributed by atoms with van der Waals surface area (Å²) < 4.78 is 1.67. The van der Waals surface area contributed by atoms with E-state index in [0.717, 1.165) is 18.7 Å². The average Bonchev–Trinajstić information content (AvgIpc) is 3.19. The van der Waals surface area contributed by atoms with Crippen LogP contribution in [0.3, 0.4) is 0 Å². The van der Waals surface area contributed by atoms with Gasteiger partial charge in [0.1, 0.15) is 12.7 Å². The molecule has 0 bridgehead atoms. The molecule has 2 aromatic rings. The Labute approximate surface area is 134 Å². The van der Waals surface area contributed by atoms with E-state index in [1.807, 2.05) is 19.1 Å². The van der Waals surface area contributed by atoms with Crippen molar-refractivity contribution in [1.82, 2.24) is 20.1 Å². The Morgan fingerprint density at radius 3 is 2.74 bits per heavy atom. The Kier molecular flexibility index (Phi) is 4.36. The van der Waals surface area contributed by atoms with Crippen LogP contribution in [0, 0.1) is 0 Å². The van der Waals surface area contributed by atoms with Crippen LogP contribution in [-0.2, 0) is 11.3 Å². The molecular weight excluding hydrogens is 294 g/mol. The van der Waals surface area contributed by atoms with Crippen LogP contribution >= 0.6 is 0 Å². The highest BCUT2D eigenvalue weighted by Crippen LogP contribution is 2.21. The fraction of sp³-hybridized carbons (Fsp3) is 0.375. The van der Waals surface area contributed by atoms with Crippen molar-refractivity contribution in [2.24, 2.45) is 0 Å². The van der Waals surface area contributed by atoms with Crippen LogP contribution in [0.1, 0.15) is 30.1 Å². The first kappa shape index (κ1) is 15.2. The monoisotopic (exact) mass is 313 g/mol. The number of benzene rings is 1. The van der Waals surface area contributed by atoms with Crippen LogP contribution in [0.25, 0.3) is 0 Å². The summed E-state index contributed by atoms with van der Waals surface area (Å²) >= 11 is 0. The third-order valence-electron chi connectivity index (χ3n) is 3.82. The lowest BCUT2D eigenvalue weighted by Crippen LogP contribution is -2.35. The summed E-state index contributed by atoms with van der Waals surface area (Å²) in [6.07, 6.45) is 4.57. The van der Waals surface area contributed by atoms with Gasteiger partial charge in [0.15, 0.2) is 0 Å². The van der Waals surface area contributed by atoms with Gasteiger partial charge in [0.2, 0.25) is 5.91 Å². The number of amides is 2. The van der Waals surface area contributed by atoms with Crippen LogP contribution in [0.15, 0.2) is 36.9 Å². The van der Waals surface area contributed by atoms with Crippen molar-refractivity contribution in [3.8, 4) is 0 Å². The van der Waals surface area contributed by atoms with E-state index in [2.05, 4.69) is 15.4 Å². The molecule has 0 radical (unpaired) electrons. The lowest BCUT2D eigenvalue weighted by Gasteiger charge is -2.17. The number of nitrogens with one attached hydrogen (secondary N) is 1. The van der Waals surface area contributed by atoms with Gasteiger partial charge in [-0.15, -0.1) is 0 Å². The molecule has 120 valence electrons. The van der Waals surface area contributed by atoms with Crippen molar-refractivity contribution in [2.45, 2.75) is 32.4 Å². The van der Waals surface area contributed by atoms with Crippen molar-refractivity contribution in [3.63, 3.8) is 0 Å². The van der Waals surface area contributed by atoms with E-state index in [1.54, 1.807) is 28.0 Å². The number of nitrogens with zero attached hydrogens (tertiary/aromatic N) is 4. The Balaban J connectivity index is 1.60. The van der Waals surface area contributed by atoms with Gasteiger partial charge in [-0.3, -0.25) is 14.3 Å².